The number of halogens is 1. The zero-order chi connectivity index (χ0) is 14.7. The van der Waals surface area contributed by atoms with Crippen LogP contribution in [0.3, 0.4) is 0 Å². The first kappa shape index (κ1) is 14.4. The Kier molecular flexibility index (Phi) is 4.44. The summed E-state index contributed by atoms with van der Waals surface area (Å²) in [6.45, 7) is 2.62. The topological polar surface area (TPSA) is 21.7 Å². The van der Waals surface area contributed by atoms with Crippen LogP contribution < -0.4 is 5.06 Å². The lowest BCUT2D eigenvalue weighted by atomic mass is 10.0. The van der Waals surface area contributed by atoms with Gasteiger partial charge in [0.15, 0.2) is 6.29 Å². The maximum absolute atomic E-state index is 5.98. The first-order valence-electron chi connectivity index (χ1n) is 7.16. The maximum atomic E-state index is 5.98. The molecule has 2 aromatic rings. The summed E-state index contributed by atoms with van der Waals surface area (Å²) < 4.78 is 5.64. The molecule has 0 aromatic heterocycles. The van der Waals surface area contributed by atoms with Crippen LogP contribution in [0.2, 0.25) is 5.02 Å². The molecule has 2 atom stereocenters. The van der Waals surface area contributed by atoms with E-state index in [1.165, 1.54) is 5.56 Å². The van der Waals surface area contributed by atoms with Crippen LogP contribution in [-0.4, -0.2) is 12.9 Å². The Labute approximate surface area is 130 Å². The van der Waals surface area contributed by atoms with Crippen LogP contribution in [0.4, 0.5) is 5.69 Å². The second kappa shape index (κ2) is 6.48. The summed E-state index contributed by atoms with van der Waals surface area (Å²) in [5.74, 6) is 0. The van der Waals surface area contributed by atoms with Crippen LogP contribution in [0, 0.1) is 0 Å². The third-order valence-electron chi connectivity index (χ3n) is 3.55. The standard InChI is InChI=1S/C17H18ClNO2/c1-2-20-17-12-16(13-8-10-14(18)11-9-13)19(21-17)15-6-4-3-5-7-15/h3-11,16-17H,2,12H2,1H3/t16-,17-/m1/s1. The van der Waals surface area contributed by atoms with Gasteiger partial charge in [-0.05, 0) is 36.8 Å². The summed E-state index contributed by atoms with van der Waals surface area (Å²) in [6, 6.07) is 18.1. The van der Waals surface area contributed by atoms with Crippen LogP contribution in [0.1, 0.15) is 24.9 Å². The molecular formula is C17H18ClNO2. The van der Waals surface area contributed by atoms with Crippen LogP contribution in [0.15, 0.2) is 54.6 Å². The zero-order valence-corrected chi connectivity index (χ0v) is 12.7. The number of hydroxylamine groups is 1. The van der Waals surface area contributed by atoms with Gasteiger partial charge in [0.05, 0.1) is 11.7 Å². The zero-order valence-electron chi connectivity index (χ0n) is 11.9. The summed E-state index contributed by atoms with van der Waals surface area (Å²) in [7, 11) is 0. The lowest BCUT2D eigenvalue weighted by Gasteiger charge is -2.24. The van der Waals surface area contributed by atoms with Gasteiger partial charge in [-0.25, -0.2) is 9.90 Å². The van der Waals surface area contributed by atoms with Crippen molar-refractivity contribution in [2.24, 2.45) is 0 Å². The Balaban J connectivity index is 1.89. The predicted molar refractivity (Wildman–Crippen MR) is 84.2 cm³/mol. The molecule has 110 valence electrons. The molecule has 0 saturated carbocycles. The first-order valence-corrected chi connectivity index (χ1v) is 7.54. The Morgan fingerprint density at radius 3 is 2.52 bits per heavy atom. The van der Waals surface area contributed by atoms with E-state index in [2.05, 4.69) is 0 Å². The number of rotatable bonds is 4. The van der Waals surface area contributed by atoms with E-state index in [0.29, 0.717) is 6.61 Å². The number of nitrogens with zero attached hydrogens (tertiary/aromatic N) is 1. The number of benzene rings is 2. The van der Waals surface area contributed by atoms with Crippen LogP contribution in [0.25, 0.3) is 0 Å². The Morgan fingerprint density at radius 1 is 1.14 bits per heavy atom. The van der Waals surface area contributed by atoms with Gasteiger partial charge >= 0.3 is 0 Å². The molecule has 1 aliphatic rings. The summed E-state index contributed by atoms with van der Waals surface area (Å²) in [5, 5.41) is 2.68. The number of hydrogen-bond acceptors (Lipinski definition) is 3. The number of para-hydroxylation sites is 1. The fraction of sp³-hybridized carbons (Fsp3) is 0.294. The minimum atomic E-state index is -0.212. The SMILES string of the molecule is CCO[C@H]1C[C@H](c2ccc(Cl)cc2)N(c2ccccc2)O1. The number of hydrogen-bond donors (Lipinski definition) is 0. The van der Waals surface area contributed by atoms with Gasteiger partial charge in [-0.15, -0.1) is 0 Å². The van der Waals surface area contributed by atoms with Crippen molar-refractivity contribution >= 4 is 17.3 Å². The van der Waals surface area contributed by atoms with Crippen LogP contribution in [-0.2, 0) is 9.57 Å². The van der Waals surface area contributed by atoms with Crippen molar-refractivity contribution in [2.75, 3.05) is 11.7 Å². The molecule has 1 aliphatic heterocycles. The van der Waals surface area contributed by atoms with E-state index in [0.717, 1.165) is 17.1 Å². The minimum Gasteiger partial charge on any atom is -0.350 e. The van der Waals surface area contributed by atoms with E-state index in [4.69, 9.17) is 21.2 Å². The molecule has 0 N–H and O–H groups in total. The van der Waals surface area contributed by atoms with Crippen molar-refractivity contribution in [3.63, 3.8) is 0 Å². The Bertz CT molecular complexity index is 573. The molecule has 21 heavy (non-hydrogen) atoms. The second-order valence-corrected chi connectivity index (χ2v) is 5.39. The maximum Gasteiger partial charge on any atom is 0.186 e. The van der Waals surface area contributed by atoms with E-state index >= 15 is 0 Å². The van der Waals surface area contributed by atoms with Gasteiger partial charge < -0.3 is 4.74 Å². The Hall–Kier alpha value is -1.55. The van der Waals surface area contributed by atoms with Crippen LogP contribution >= 0.6 is 11.6 Å². The van der Waals surface area contributed by atoms with Crippen molar-refractivity contribution in [2.45, 2.75) is 25.7 Å². The van der Waals surface area contributed by atoms with Gasteiger partial charge in [-0.3, -0.25) is 0 Å². The van der Waals surface area contributed by atoms with E-state index in [1.54, 1.807) is 0 Å². The molecular weight excluding hydrogens is 286 g/mol. The molecule has 1 heterocycles. The molecule has 0 spiro atoms. The lowest BCUT2D eigenvalue weighted by molar-refractivity contribution is -0.115. The van der Waals surface area contributed by atoms with Crippen molar-refractivity contribution in [1.82, 2.24) is 0 Å². The molecule has 0 unspecified atom stereocenters. The van der Waals surface area contributed by atoms with E-state index < -0.39 is 0 Å². The normalized spacial score (nSPS) is 21.7. The van der Waals surface area contributed by atoms with E-state index in [1.807, 2.05) is 66.6 Å². The van der Waals surface area contributed by atoms with Gasteiger partial charge in [-0.1, -0.05) is 41.9 Å². The van der Waals surface area contributed by atoms with Crippen molar-refractivity contribution in [1.29, 1.82) is 0 Å². The average Bonchev–Trinajstić information content (AvgIpc) is 2.93. The fourth-order valence-electron chi connectivity index (χ4n) is 2.58. The van der Waals surface area contributed by atoms with Gasteiger partial charge in [0.2, 0.25) is 0 Å². The van der Waals surface area contributed by atoms with Crippen molar-refractivity contribution < 1.29 is 9.57 Å². The number of anilines is 1. The smallest absolute Gasteiger partial charge is 0.186 e. The van der Waals surface area contributed by atoms with Crippen molar-refractivity contribution in [3.05, 3.63) is 65.2 Å². The molecule has 3 rings (SSSR count). The summed E-state index contributed by atoms with van der Waals surface area (Å²) in [5.41, 5.74) is 2.20. The summed E-state index contributed by atoms with van der Waals surface area (Å²) in [6.07, 6.45) is 0.584. The molecule has 1 fully saturated rings. The highest BCUT2D eigenvalue weighted by Gasteiger charge is 2.35. The summed E-state index contributed by atoms with van der Waals surface area (Å²) >= 11 is 5.98. The monoisotopic (exact) mass is 303 g/mol. The molecule has 0 bridgehead atoms. The highest BCUT2D eigenvalue weighted by atomic mass is 35.5. The minimum absolute atomic E-state index is 0.126. The van der Waals surface area contributed by atoms with E-state index in [-0.39, 0.29) is 12.3 Å². The largest absolute Gasteiger partial charge is 0.350 e. The molecule has 4 heteroatoms. The Morgan fingerprint density at radius 2 is 1.86 bits per heavy atom. The molecule has 2 aromatic carbocycles. The van der Waals surface area contributed by atoms with Gasteiger partial charge in [-0.2, -0.15) is 0 Å². The lowest BCUT2D eigenvalue weighted by Crippen LogP contribution is -2.22. The third kappa shape index (κ3) is 3.21. The van der Waals surface area contributed by atoms with Gasteiger partial charge in [0.1, 0.15) is 0 Å². The predicted octanol–water partition coefficient (Wildman–Crippen LogP) is 4.59. The average molecular weight is 304 g/mol. The molecule has 0 amide bonds. The molecule has 0 aliphatic carbocycles. The second-order valence-electron chi connectivity index (χ2n) is 4.95. The van der Waals surface area contributed by atoms with Crippen molar-refractivity contribution in [3.8, 4) is 0 Å². The quantitative estimate of drug-likeness (QED) is 0.825. The molecule has 1 saturated heterocycles. The van der Waals surface area contributed by atoms with Gasteiger partial charge in [0.25, 0.3) is 0 Å². The molecule has 0 radical (unpaired) electrons. The van der Waals surface area contributed by atoms with Gasteiger partial charge in [0, 0.05) is 18.1 Å². The highest BCUT2D eigenvalue weighted by molar-refractivity contribution is 6.30. The molecule has 3 nitrogen and oxygen atoms in total. The highest BCUT2D eigenvalue weighted by Crippen LogP contribution is 2.38. The summed E-state index contributed by atoms with van der Waals surface area (Å²) in [4.78, 5) is 5.96. The number of ether oxygens (including phenoxy) is 1. The van der Waals surface area contributed by atoms with E-state index in [9.17, 15) is 0 Å². The van der Waals surface area contributed by atoms with Crippen LogP contribution in [0.5, 0.6) is 0 Å². The third-order valence-corrected chi connectivity index (χ3v) is 3.80. The fourth-order valence-corrected chi connectivity index (χ4v) is 2.70. The first-order chi connectivity index (χ1) is 10.3.